The number of hydrogen-bond acceptors (Lipinski definition) is 3. The van der Waals surface area contributed by atoms with E-state index in [9.17, 15) is 0 Å². The van der Waals surface area contributed by atoms with Crippen molar-refractivity contribution in [3.05, 3.63) is 59.2 Å². The number of ether oxygens (including phenoxy) is 2. The molecule has 2 aliphatic heterocycles. The Labute approximate surface area is 165 Å². The smallest absolute Gasteiger partial charge is 0.231 e. The Kier molecular flexibility index (Phi) is 5.45. The highest BCUT2D eigenvalue weighted by molar-refractivity contribution is 7.80. The Hall–Kier alpha value is -2.31. The van der Waals surface area contributed by atoms with Gasteiger partial charge >= 0.3 is 0 Å². The molecule has 0 aliphatic carbocycles. The second kappa shape index (κ2) is 8.15. The fourth-order valence-electron chi connectivity index (χ4n) is 3.62. The standard InChI is InChI=1S/C21H25N3O2S/c1-16-4-2-3-5-18(16)14-23-8-10-24(11-9-23)21(27)22-13-17-6-7-19-20(12-17)26-15-25-19/h2-7,12H,8-11,13-15H2,1H3,(H,22,27)/p+1. The predicted molar refractivity (Wildman–Crippen MR) is 109 cm³/mol. The molecule has 0 amide bonds. The van der Waals surface area contributed by atoms with E-state index < -0.39 is 0 Å². The van der Waals surface area contributed by atoms with Gasteiger partial charge in [-0.1, -0.05) is 30.3 Å². The number of benzene rings is 2. The minimum absolute atomic E-state index is 0.305. The quantitative estimate of drug-likeness (QED) is 0.782. The van der Waals surface area contributed by atoms with Crippen molar-refractivity contribution in [3.63, 3.8) is 0 Å². The van der Waals surface area contributed by atoms with Crippen LogP contribution in [0.3, 0.4) is 0 Å². The highest BCUT2D eigenvalue weighted by Gasteiger charge is 2.22. The van der Waals surface area contributed by atoms with Crippen molar-refractivity contribution in [1.29, 1.82) is 0 Å². The van der Waals surface area contributed by atoms with Gasteiger partial charge in [-0.3, -0.25) is 0 Å². The molecule has 2 aromatic carbocycles. The zero-order chi connectivity index (χ0) is 18.6. The SMILES string of the molecule is Cc1ccccc1C[NH+]1CCN(C(=S)NCc2ccc3c(c2)OCO3)CC1. The number of aryl methyl sites for hydroxylation is 1. The van der Waals surface area contributed by atoms with Crippen LogP contribution in [-0.4, -0.2) is 43.0 Å². The van der Waals surface area contributed by atoms with E-state index in [0.717, 1.165) is 54.9 Å². The summed E-state index contributed by atoms with van der Waals surface area (Å²) < 4.78 is 10.8. The summed E-state index contributed by atoms with van der Waals surface area (Å²) in [6, 6.07) is 14.7. The van der Waals surface area contributed by atoms with E-state index in [1.165, 1.54) is 11.1 Å². The lowest BCUT2D eigenvalue weighted by Gasteiger charge is -2.34. The summed E-state index contributed by atoms with van der Waals surface area (Å²) in [5, 5.41) is 4.22. The lowest BCUT2D eigenvalue weighted by molar-refractivity contribution is -0.917. The second-order valence-corrected chi connectivity index (χ2v) is 7.57. The van der Waals surface area contributed by atoms with Gasteiger partial charge in [0.25, 0.3) is 0 Å². The minimum atomic E-state index is 0.305. The molecule has 0 saturated carbocycles. The maximum Gasteiger partial charge on any atom is 0.231 e. The molecule has 142 valence electrons. The summed E-state index contributed by atoms with van der Waals surface area (Å²) in [6.07, 6.45) is 0. The van der Waals surface area contributed by atoms with E-state index in [0.29, 0.717) is 13.3 Å². The van der Waals surface area contributed by atoms with Crippen molar-refractivity contribution in [2.24, 2.45) is 0 Å². The molecule has 2 aliphatic rings. The van der Waals surface area contributed by atoms with Crippen LogP contribution < -0.4 is 19.7 Å². The van der Waals surface area contributed by atoms with Crippen LogP contribution in [0.2, 0.25) is 0 Å². The van der Waals surface area contributed by atoms with Crippen LogP contribution in [-0.2, 0) is 13.1 Å². The van der Waals surface area contributed by atoms with E-state index in [1.807, 2.05) is 18.2 Å². The van der Waals surface area contributed by atoms with Gasteiger partial charge in [0.15, 0.2) is 16.6 Å². The molecule has 4 rings (SSSR count). The fraction of sp³-hybridized carbons (Fsp3) is 0.381. The Morgan fingerprint density at radius 1 is 1.11 bits per heavy atom. The van der Waals surface area contributed by atoms with Gasteiger partial charge in [0, 0.05) is 12.1 Å². The molecule has 2 heterocycles. The molecule has 0 aromatic heterocycles. The summed E-state index contributed by atoms with van der Waals surface area (Å²) in [5.41, 5.74) is 3.98. The molecular weight excluding hydrogens is 358 g/mol. The van der Waals surface area contributed by atoms with Crippen LogP contribution >= 0.6 is 12.2 Å². The van der Waals surface area contributed by atoms with Crippen molar-refractivity contribution < 1.29 is 14.4 Å². The van der Waals surface area contributed by atoms with E-state index in [-0.39, 0.29) is 0 Å². The summed E-state index contributed by atoms with van der Waals surface area (Å²) in [6.45, 7) is 8.51. The minimum Gasteiger partial charge on any atom is -0.454 e. The monoisotopic (exact) mass is 384 g/mol. The maximum absolute atomic E-state index is 5.61. The Morgan fingerprint density at radius 2 is 1.89 bits per heavy atom. The summed E-state index contributed by atoms with van der Waals surface area (Å²) in [4.78, 5) is 3.91. The third-order valence-corrected chi connectivity index (χ3v) is 5.74. The second-order valence-electron chi connectivity index (χ2n) is 7.19. The topological polar surface area (TPSA) is 38.2 Å². The van der Waals surface area contributed by atoms with Crippen molar-refractivity contribution in [2.45, 2.75) is 20.0 Å². The van der Waals surface area contributed by atoms with Crippen LogP contribution in [0.5, 0.6) is 11.5 Å². The lowest BCUT2D eigenvalue weighted by atomic mass is 10.1. The van der Waals surface area contributed by atoms with E-state index in [2.05, 4.69) is 41.4 Å². The number of hydrogen-bond donors (Lipinski definition) is 2. The molecule has 27 heavy (non-hydrogen) atoms. The third kappa shape index (κ3) is 4.34. The number of piperazine rings is 1. The zero-order valence-corrected chi connectivity index (χ0v) is 16.5. The molecule has 0 unspecified atom stereocenters. The summed E-state index contributed by atoms with van der Waals surface area (Å²) in [5.74, 6) is 1.63. The van der Waals surface area contributed by atoms with Crippen LogP contribution in [0.15, 0.2) is 42.5 Å². The average Bonchev–Trinajstić information content (AvgIpc) is 3.16. The highest BCUT2D eigenvalue weighted by Crippen LogP contribution is 2.32. The van der Waals surface area contributed by atoms with Gasteiger partial charge in [-0.15, -0.1) is 0 Å². The van der Waals surface area contributed by atoms with Gasteiger partial charge in [-0.2, -0.15) is 0 Å². The van der Waals surface area contributed by atoms with Crippen molar-refractivity contribution in [1.82, 2.24) is 10.2 Å². The van der Waals surface area contributed by atoms with Crippen LogP contribution in [0.4, 0.5) is 0 Å². The lowest BCUT2D eigenvalue weighted by Crippen LogP contribution is -3.13. The molecule has 2 aromatic rings. The van der Waals surface area contributed by atoms with Gasteiger partial charge in [0.05, 0.1) is 26.2 Å². The molecular formula is C21H26N3O2S+. The molecule has 0 bridgehead atoms. The van der Waals surface area contributed by atoms with Crippen molar-refractivity contribution in [2.75, 3.05) is 33.0 Å². The third-order valence-electron chi connectivity index (χ3n) is 5.34. The van der Waals surface area contributed by atoms with E-state index >= 15 is 0 Å². The van der Waals surface area contributed by atoms with E-state index in [4.69, 9.17) is 21.7 Å². The number of nitrogens with zero attached hydrogens (tertiary/aromatic N) is 1. The average molecular weight is 385 g/mol. The van der Waals surface area contributed by atoms with Gasteiger partial charge in [-0.25, -0.2) is 0 Å². The first-order valence-electron chi connectivity index (χ1n) is 9.48. The predicted octanol–water partition coefficient (Wildman–Crippen LogP) is 1.50. The maximum atomic E-state index is 5.61. The Morgan fingerprint density at radius 3 is 2.70 bits per heavy atom. The van der Waals surface area contributed by atoms with Gasteiger partial charge in [0.1, 0.15) is 6.54 Å². The molecule has 1 saturated heterocycles. The first-order valence-corrected chi connectivity index (χ1v) is 9.89. The fourth-order valence-corrected chi connectivity index (χ4v) is 3.88. The number of thiocarbonyl (C=S) groups is 1. The van der Waals surface area contributed by atoms with Gasteiger partial charge in [0.2, 0.25) is 6.79 Å². The zero-order valence-electron chi connectivity index (χ0n) is 15.7. The molecule has 0 radical (unpaired) electrons. The molecule has 2 N–H and O–H groups in total. The Bertz CT molecular complexity index is 819. The number of fused-ring (bicyclic) bond motifs is 1. The normalized spacial score (nSPS) is 16.4. The first-order chi connectivity index (χ1) is 13.2. The number of quaternary nitrogens is 1. The van der Waals surface area contributed by atoms with Crippen molar-refractivity contribution >= 4 is 17.3 Å². The highest BCUT2D eigenvalue weighted by atomic mass is 32.1. The number of nitrogens with one attached hydrogen (secondary N) is 2. The largest absolute Gasteiger partial charge is 0.454 e. The molecule has 0 spiro atoms. The van der Waals surface area contributed by atoms with E-state index in [1.54, 1.807) is 4.90 Å². The van der Waals surface area contributed by atoms with Crippen molar-refractivity contribution in [3.8, 4) is 11.5 Å². The number of rotatable bonds is 4. The first kappa shape index (κ1) is 18.1. The van der Waals surface area contributed by atoms with Crippen LogP contribution in [0.25, 0.3) is 0 Å². The van der Waals surface area contributed by atoms with Gasteiger partial charge < -0.3 is 24.6 Å². The summed E-state index contributed by atoms with van der Waals surface area (Å²) >= 11 is 5.61. The molecule has 0 atom stereocenters. The molecule has 5 nitrogen and oxygen atoms in total. The Balaban J connectivity index is 1.24. The molecule has 6 heteroatoms. The molecule has 1 fully saturated rings. The summed E-state index contributed by atoms with van der Waals surface area (Å²) in [7, 11) is 0. The van der Waals surface area contributed by atoms with Gasteiger partial charge in [-0.05, 0) is 42.4 Å². The van der Waals surface area contributed by atoms with Crippen LogP contribution in [0, 0.1) is 6.92 Å². The van der Waals surface area contributed by atoms with Crippen LogP contribution in [0.1, 0.15) is 16.7 Å².